The molecule has 0 radical (unpaired) electrons. The fourth-order valence-corrected chi connectivity index (χ4v) is 0.812. The van der Waals surface area contributed by atoms with Gasteiger partial charge in [-0.05, 0) is 6.07 Å². The molecule has 0 bridgehead atoms. The fourth-order valence-electron chi connectivity index (χ4n) is 0.812. The second kappa shape index (κ2) is 2.62. The van der Waals surface area contributed by atoms with Gasteiger partial charge < -0.3 is 0 Å². The van der Waals surface area contributed by atoms with Crippen molar-refractivity contribution < 1.29 is 18.0 Å². The number of aldehydes is 1. The predicted molar refractivity (Wildman–Crippen MR) is 33.6 cm³/mol. The molecule has 0 amide bonds. The first-order chi connectivity index (χ1) is 5.45. The molecule has 0 unspecified atom stereocenters. The van der Waals surface area contributed by atoms with Crippen LogP contribution in [0.3, 0.4) is 0 Å². The summed E-state index contributed by atoms with van der Waals surface area (Å²) < 4.78 is 36.7. The Bertz CT molecular complexity index is 302. The molecule has 1 rings (SSSR count). The lowest BCUT2D eigenvalue weighted by molar-refractivity contribution is -0.143. The van der Waals surface area contributed by atoms with Crippen LogP contribution in [0.4, 0.5) is 13.2 Å². The number of hydrogen-bond donors (Lipinski definition) is 0. The van der Waals surface area contributed by atoms with Crippen LogP contribution in [0, 0.1) is 0 Å². The SMILES string of the molecule is Cn1nc(C=O)cc1C(F)(F)F. The summed E-state index contributed by atoms with van der Waals surface area (Å²) in [5.41, 5.74) is -1.14. The molecule has 0 aliphatic heterocycles. The molecule has 0 saturated carbocycles. The molecule has 0 atom stereocenters. The van der Waals surface area contributed by atoms with E-state index in [-0.39, 0.29) is 12.0 Å². The highest BCUT2D eigenvalue weighted by molar-refractivity contribution is 5.71. The van der Waals surface area contributed by atoms with E-state index in [0.717, 1.165) is 7.05 Å². The quantitative estimate of drug-likeness (QED) is 0.606. The van der Waals surface area contributed by atoms with E-state index >= 15 is 0 Å². The van der Waals surface area contributed by atoms with Crippen LogP contribution >= 0.6 is 0 Å². The maximum absolute atomic E-state index is 12.0. The van der Waals surface area contributed by atoms with Crippen molar-refractivity contribution in [3.05, 3.63) is 17.5 Å². The Morgan fingerprint density at radius 1 is 1.58 bits per heavy atom. The van der Waals surface area contributed by atoms with E-state index in [2.05, 4.69) is 5.10 Å². The number of carbonyl (C=O) groups excluding carboxylic acids is 1. The summed E-state index contributed by atoms with van der Waals surface area (Å²) >= 11 is 0. The number of aryl methyl sites for hydroxylation is 1. The van der Waals surface area contributed by atoms with Crippen LogP contribution in [-0.4, -0.2) is 16.1 Å². The molecule has 1 aromatic rings. The minimum Gasteiger partial charge on any atom is -0.296 e. The van der Waals surface area contributed by atoms with E-state index in [1.165, 1.54) is 0 Å². The maximum Gasteiger partial charge on any atom is 0.433 e. The molecule has 0 fully saturated rings. The van der Waals surface area contributed by atoms with Crippen molar-refractivity contribution >= 4 is 6.29 Å². The molecular weight excluding hydrogens is 173 g/mol. The molecule has 1 heterocycles. The average molecular weight is 178 g/mol. The van der Waals surface area contributed by atoms with Crippen LogP contribution in [0.2, 0.25) is 0 Å². The summed E-state index contributed by atoms with van der Waals surface area (Å²) in [6.07, 6.45) is -4.18. The van der Waals surface area contributed by atoms with E-state index in [0.29, 0.717) is 10.7 Å². The Balaban J connectivity index is 3.16. The summed E-state index contributed by atoms with van der Waals surface area (Å²) in [4.78, 5) is 10.1. The Morgan fingerprint density at radius 3 is 2.42 bits per heavy atom. The van der Waals surface area contributed by atoms with Crippen molar-refractivity contribution in [3.8, 4) is 0 Å². The van der Waals surface area contributed by atoms with Crippen LogP contribution in [0.25, 0.3) is 0 Å². The smallest absolute Gasteiger partial charge is 0.296 e. The topological polar surface area (TPSA) is 34.9 Å². The largest absolute Gasteiger partial charge is 0.433 e. The number of aromatic nitrogens is 2. The maximum atomic E-state index is 12.0. The van der Waals surface area contributed by atoms with E-state index in [9.17, 15) is 18.0 Å². The van der Waals surface area contributed by atoms with Gasteiger partial charge in [0.15, 0.2) is 6.29 Å². The first-order valence-corrected chi connectivity index (χ1v) is 3.01. The van der Waals surface area contributed by atoms with Crippen LogP contribution in [-0.2, 0) is 13.2 Å². The Hall–Kier alpha value is -1.33. The van der Waals surface area contributed by atoms with Gasteiger partial charge in [-0.15, -0.1) is 0 Å². The molecule has 66 valence electrons. The minimum atomic E-state index is -4.46. The van der Waals surface area contributed by atoms with Crippen molar-refractivity contribution in [1.82, 2.24) is 9.78 Å². The Morgan fingerprint density at radius 2 is 2.17 bits per heavy atom. The van der Waals surface area contributed by atoms with E-state index in [1.54, 1.807) is 0 Å². The molecule has 12 heavy (non-hydrogen) atoms. The van der Waals surface area contributed by atoms with Crippen LogP contribution in [0.15, 0.2) is 6.07 Å². The molecule has 0 spiro atoms. The third kappa shape index (κ3) is 1.46. The minimum absolute atomic E-state index is 0.218. The van der Waals surface area contributed by atoms with Gasteiger partial charge in [0.05, 0.1) is 0 Å². The molecule has 1 aromatic heterocycles. The zero-order valence-corrected chi connectivity index (χ0v) is 6.09. The number of alkyl halides is 3. The van der Waals surface area contributed by atoms with Crippen LogP contribution < -0.4 is 0 Å². The standard InChI is InChI=1S/C6H5F3N2O/c1-11-5(6(7,8)9)2-4(3-12)10-11/h2-3H,1H3. The zero-order valence-electron chi connectivity index (χ0n) is 6.09. The van der Waals surface area contributed by atoms with Crippen LogP contribution in [0.1, 0.15) is 16.2 Å². The normalized spacial score (nSPS) is 11.7. The average Bonchev–Trinajstić information content (AvgIpc) is 2.29. The number of rotatable bonds is 1. The fraction of sp³-hybridized carbons (Fsp3) is 0.333. The van der Waals surface area contributed by atoms with Gasteiger partial charge >= 0.3 is 6.18 Å². The Kier molecular flexibility index (Phi) is 1.91. The van der Waals surface area contributed by atoms with Crippen LogP contribution in [0.5, 0.6) is 0 Å². The van der Waals surface area contributed by atoms with E-state index in [4.69, 9.17) is 0 Å². The number of nitrogens with zero attached hydrogens (tertiary/aromatic N) is 2. The van der Waals surface area contributed by atoms with Gasteiger partial charge in [0, 0.05) is 7.05 Å². The lowest BCUT2D eigenvalue weighted by atomic mass is 10.3. The Labute approximate surface area is 65.8 Å². The lowest BCUT2D eigenvalue weighted by Gasteiger charge is -2.04. The van der Waals surface area contributed by atoms with Crippen molar-refractivity contribution in [2.45, 2.75) is 6.18 Å². The molecular formula is C6H5F3N2O. The third-order valence-electron chi connectivity index (χ3n) is 1.31. The summed E-state index contributed by atoms with van der Waals surface area (Å²) in [6, 6.07) is 0.701. The van der Waals surface area contributed by atoms with Gasteiger partial charge in [0.25, 0.3) is 0 Å². The molecule has 0 aliphatic carbocycles. The first kappa shape index (κ1) is 8.76. The molecule has 3 nitrogen and oxygen atoms in total. The van der Waals surface area contributed by atoms with Crippen molar-refractivity contribution in [2.75, 3.05) is 0 Å². The highest BCUT2D eigenvalue weighted by Gasteiger charge is 2.34. The zero-order chi connectivity index (χ0) is 9.35. The molecule has 6 heteroatoms. The van der Waals surface area contributed by atoms with Gasteiger partial charge in [-0.2, -0.15) is 18.3 Å². The van der Waals surface area contributed by atoms with Gasteiger partial charge in [-0.25, -0.2) is 0 Å². The molecule has 0 N–H and O–H groups in total. The third-order valence-corrected chi connectivity index (χ3v) is 1.31. The summed E-state index contributed by atoms with van der Waals surface area (Å²) in [6.45, 7) is 0. The monoisotopic (exact) mass is 178 g/mol. The van der Waals surface area contributed by atoms with E-state index < -0.39 is 11.9 Å². The highest BCUT2D eigenvalue weighted by atomic mass is 19.4. The van der Waals surface area contributed by atoms with Crippen molar-refractivity contribution in [2.24, 2.45) is 7.05 Å². The number of hydrogen-bond acceptors (Lipinski definition) is 2. The number of halogens is 3. The summed E-state index contributed by atoms with van der Waals surface area (Å²) in [5.74, 6) is 0. The summed E-state index contributed by atoms with van der Waals surface area (Å²) in [5, 5.41) is 3.32. The second-order valence-corrected chi connectivity index (χ2v) is 2.19. The molecule has 0 saturated heterocycles. The van der Waals surface area contributed by atoms with Gasteiger partial charge in [-0.3, -0.25) is 9.48 Å². The molecule has 0 aliphatic rings. The van der Waals surface area contributed by atoms with Gasteiger partial charge in [0.1, 0.15) is 11.4 Å². The lowest BCUT2D eigenvalue weighted by Crippen LogP contribution is -2.11. The van der Waals surface area contributed by atoms with Crippen molar-refractivity contribution in [1.29, 1.82) is 0 Å². The van der Waals surface area contributed by atoms with Gasteiger partial charge in [-0.1, -0.05) is 0 Å². The summed E-state index contributed by atoms with van der Waals surface area (Å²) in [7, 11) is 1.13. The predicted octanol–water partition coefficient (Wildman–Crippen LogP) is 1.25. The molecule has 0 aromatic carbocycles. The first-order valence-electron chi connectivity index (χ1n) is 3.01. The second-order valence-electron chi connectivity index (χ2n) is 2.19. The highest BCUT2D eigenvalue weighted by Crippen LogP contribution is 2.28. The van der Waals surface area contributed by atoms with Gasteiger partial charge in [0.2, 0.25) is 0 Å². The van der Waals surface area contributed by atoms with Crippen molar-refractivity contribution in [3.63, 3.8) is 0 Å². The number of carbonyl (C=O) groups is 1. The van der Waals surface area contributed by atoms with E-state index in [1.807, 2.05) is 0 Å².